The number of nitrogens with zero attached hydrogens (tertiary/aromatic N) is 4. The van der Waals surface area contributed by atoms with Crippen molar-refractivity contribution < 1.29 is 9.59 Å². The quantitative estimate of drug-likeness (QED) is 0.287. The number of carbonyl (C=O) groups excluding carboxylic acids is 2. The second-order valence-corrected chi connectivity index (χ2v) is 21.2. The van der Waals surface area contributed by atoms with Crippen LogP contribution in [-0.4, -0.2) is 22.4 Å². The number of benzene rings is 2. The Kier molecular flexibility index (Phi) is 29.3. The molecule has 1 saturated heterocycles. The van der Waals surface area contributed by atoms with Gasteiger partial charge in [0.15, 0.2) is 0 Å². The molecule has 67 heavy (non-hydrogen) atoms. The third-order valence-corrected chi connectivity index (χ3v) is 15.9. The molecule has 6 nitrogen and oxygen atoms in total. The van der Waals surface area contributed by atoms with Crippen molar-refractivity contribution in [3.8, 4) is 12.1 Å². The first-order valence-electron chi connectivity index (χ1n) is 28.3. The molecule has 0 bridgehead atoms. The van der Waals surface area contributed by atoms with E-state index in [4.69, 9.17) is 11.6 Å². The largest absolute Gasteiger partial charge is 0.332 e. The predicted molar refractivity (Wildman–Crippen MR) is 283 cm³/mol. The Hall–Kier alpha value is -3.35. The van der Waals surface area contributed by atoms with Crippen LogP contribution in [0.15, 0.2) is 36.4 Å². The number of hydrogen-bond donors (Lipinski definition) is 0. The fourth-order valence-electron chi connectivity index (χ4n) is 11.0. The van der Waals surface area contributed by atoms with Crippen molar-refractivity contribution in [2.24, 2.45) is 0 Å². The summed E-state index contributed by atoms with van der Waals surface area (Å²) in [6.45, 7) is 2.08. The zero-order valence-corrected chi connectivity index (χ0v) is 43.4. The Morgan fingerprint density at radius 2 is 0.776 bits per heavy atom. The van der Waals surface area contributed by atoms with E-state index in [0.717, 1.165) is 44.1 Å². The maximum atomic E-state index is 15.1. The Balaban J connectivity index is 1.34. The number of amides is 3. The van der Waals surface area contributed by atoms with E-state index in [-0.39, 0.29) is 23.5 Å². The molecule has 0 aromatic heterocycles. The van der Waals surface area contributed by atoms with Crippen LogP contribution in [0.5, 0.6) is 0 Å². The lowest BCUT2D eigenvalue weighted by molar-refractivity contribution is -0.126. The number of hydrogen-bond acceptors (Lipinski definition) is 4. The number of halogens is 1. The average Bonchev–Trinajstić information content (AvgIpc) is 3.53. The minimum absolute atomic E-state index is 0.175. The molecule has 7 heteroatoms. The molecule has 3 amide bonds. The zero-order chi connectivity index (χ0) is 47.6. The fourth-order valence-corrected chi connectivity index (χ4v) is 11.2. The van der Waals surface area contributed by atoms with Crippen molar-refractivity contribution >= 4 is 29.2 Å². The van der Waals surface area contributed by atoms with E-state index in [1.807, 2.05) is 17.0 Å². The lowest BCUT2D eigenvalue weighted by atomic mass is 9.84. The third kappa shape index (κ3) is 20.6. The van der Waals surface area contributed by atoms with Crippen LogP contribution in [0.25, 0.3) is 0 Å². The van der Waals surface area contributed by atoms with Crippen molar-refractivity contribution in [1.82, 2.24) is 4.90 Å². The minimum atomic E-state index is -0.982. The van der Waals surface area contributed by atoms with Crippen LogP contribution >= 0.6 is 11.6 Å². The fraction of sp³-hybridized carbons (Fsp3) is 0.733. The molecule has 372 valence electrons. The first-order valence-corrected chi connectivity index (χ1v) is 28.6. The van der Waals surface area contributed by atoms with E-state index in [1.54, 1.807) is 31.2 Å². The van der Waals surface area contributed by atoms with Crippen LogP contribution in [0.4, 0.5) is 10.5 Å². The topological polar surface area (TPSA) is 88.2 Å². The molecule has 1 saturated carbocycles. The maximum Gasteiger partial charge on any atom is 0.332 e. The molecule has 2 fully saturated rings. The van der Waals surface area contributed by atoms with E-state index in [2.05, 4.69) is 12.1 Å². The first-order chi connectivity index (χ1) is 32.9. The minimum Gasteiger partial charge on any atom is -0.305 e. The SMILES string of the molecule is Cc1c(N2C(=O)N(Cc3ccc(C#N)cc3)C3(CCCCCCCCCCCCCCCCCCCCCCCCCCCCCCCCCCCCCCCCC3)C2=O)ccc(C#N)c1Cl. The molecule has 2 aromatic rings. The van der Waals surface area contributed by atoms with Gasteiger partial charge in [0.25, 0.3) is 5.91 Å². The second-order valence-electron chi connectivity index (χ2n) is 20.8. The van der Waals surface area contributed by atoms with Crippen molar-refractivity contribution in [3.05, 3.63) is 63.7 Å². The van der Waals surface area contributed by atoms with Crippen molar-refractivity contribution in [3.63, 3.8) is 0 Å². The zero-order valence-electron chi connectivity index (χ0n) is 42.6. The molecular weight excluding hydrogens is 844 g/mol. The van der Waals surface area contributed by atoms with Gasteiger partial charge in [-0.25, -0.2) is 9.69 Å². The van der Waals surface area contributed by atoms with Gasteiger partial charge in [-0.15, -0.1) is 0 Å². The van der Waals surface area contributed by atoms with Crippen molar-refractivity contribution in [2.45, 2.75) is 282 Å². The van der Waals surface area contributed by atoms with E-state index in [9.17, 15) is 15.3 Å². The van der Waals surface area contributed by atoms with Gasteiger partial charge in [0.05, 0.1) is 27.9 Å². The summed E-state index contributed by atoms with van der Waals surface area (Å²) in [5.41, 5.74) is 1.83. The Morgan fingerprint density at radius 3 is 1.07 bits per heavy atom. The molecule has 1 aliphatic heterocycles. The number of rotatable bonds is 3. The highest BCUT2D eigenvalue weighted by Gasteiger charge is 2.57. The van der Waals surface area contributed by atoms with E-state index in [1.165, 1.54) is 217 Å². The number of anilines is 1. The number of imide groups is 1. The molecule has 1 aliphatic carbocycles. The van der Waals surface area contributed by atoms with Gasteiger partial charge in [0, 0.05) is 6.54 Å². The van der Waals surface area contributed by atoms with Crippen LogP contribution < -0.4 is 4.90 Å². The van der Waals surface area contributed by atoms with Gasteiger partial charge in [-0.2, -0.15) is 10.5 Å². The van der Waals surface area contributed by atoms with Gasteiger partial charge in [-0.05, 0) is 55.2 Å². The van der Waals surface area contributed by atoms with Crippen molar-refractivity contribution in [2.75, 3.05) is 4.90 Å². The van der Waals surface area contributed by atoms with E-state index >= 15 is 4.79 Å². The second kappa shape index (κ2) is 34.9. The molecule has 0 N–H and O–H groups in total. The van der Waals surface area contributed by atoms with Gasteiger partial charge in [-0.3, -0.25) is 4.79 Å². The number of urea groups is 1. The molecule has 2 aliphatic rings. The highest BCUT2D eigenvalue weighted by molar-refractivity contribution is 6.33. The summed E-state index contributed by atoms with van der Waals surface area (Å²) in [5, 5.41) is 19.5. The molecule has 0 radical (unpaired) electrons. The normalized spacial score (nSPS) is 21.1. The highest BCUT2D eigenvalue weighted by Crippen LogP contribution is 2.43. The molecule has 0 atom stereocenters. The molecule has 2 aromatic carbocycles. The molecule has 0 unspecified atom stereocenters. The molecule has 1 heterocycles. The standard InChI is InChI=1S/C60H93ClN4O2/c1-52-56(46-45-55(50-63)57(52)61)65-58(66)60(64(59(65)67)51-54-43-41-53(49-62)42-44-54)47-39-37-35-33-31-29-27-25-23-21-19-17-15-13-11-9-7-5-3-2-4-6-8-10-12-14-16-18-20-22-24-26-28-30-32-34-36-38-40-48-60/h41-46H,2-40,47-48,51H2,1H3. The van der Waals surface area contributed by atoms with Crippen molar-refractivity contribution in [1.29, 1.82) is 10.5 Å². The van der Waals surface area contributed by atoms with Crippen LogP contribution in [0.2, 0.25) is 5.02 Å². The summed E-state index contributed by atoms with van der Waals surface area (Å²) >= 11 is 6.67. The third-order valence-electron chi connectivity index (χ3n) is 15.4. The summed E-state index contributed by atoms with van der Waals surface area (Å²) < 4.78 is 0. The van der Waals surface area contributed by atoms with Gasteiger partial charge in [0.2, 0.25) is 0 Å². The summed E-state index contributed by atoms with van der Waals surface area (Å²) in [4.78, 5) is 33.0. The predicted octanol–water partition coefficient (Wildman–Crippen LogP) is 19.1. The van der Waals surface area contributed by atoms with Gasteiger partial charge < -0.3 is 4.90 Å². The average molecular weight is 938 g/mol. The summed E-state index contributed by atoms with van der Waals surface area (Å²) in [6.07, 6.45) is 53.0. The van der Waals surface area contributed by atoms with Crippen LogP contribution in [-0.2, 0) is 11.3 Å². The first kappa shape index (κ1) is 56.2. The lowest BCUT2D eigenvalue weighted by Crippen LogP contribution is -2.49. The highest BCUT2D eigenvalue weighted by atomic mass is 35.5. The van der Waals surface area contributed by atoms with E-state index < -0.39 is 5.54 Å². The Morgan fingerprint density at radius 1 is 0.463 bits per heavy atom. The maximum absolute atomic E-state index is 15.1. The van der Waals surface area contributed by atoms with Crippen LogP contribution in [0, 0.1) is 29.6 Å². The summed E-state index contributed by atoms with van der Waals surface area (Å²) in [6, 6.07) is 14.7. The summed E-state index contributed by atoms with van der Waals surface area (Å²) in [7, 11) is 0. The van der Waals surface area contributed by atoms with E-state index in [0.29, 0.717) is 35.2 Å². The molecule has 1 spiro atoms. The monoisotopic (exact) mass is 937 g/mol. The number of carbonyl (C=O) groups is 2. The van der Waals surface area contributed by atoms with Crippen LogP contribution in [0.1, 0.15) is 286 Å². The summed E-state index contributed by atoms with van der Waals surface area (Å²) in [5.74, 6) is -0.175. The lowest BCUT2D eigenvalue weighted by Gasteiger charge is -2.36. The number of nitriles is 2. The van der Waals surface area contributed by atoms with Gasteiger partial charge >= 0.3 is 6.03 Å². The Labute approximate surface area is 415 Å². The molecule has 4 rings (SSSR count). The van der Waals surface area contributed by atoms with Gasteiger partial charge in [0.1, 0.15) is 11.6 Å². The smallest absolute Gasteiger partial charge is 0.305 e. The van der Waals surface area contributed by atoms with Gasteiger partial charge in [-0.1, -0.05) is 274 Å². The Bertz CT molecular complexity index is 1700. The molecular formula is C60H93ClN4O2. The van der Waals surface area contributed by atoms with Crippen LogP contribution in [0.3, 0.4) is 0 Å².